The first-order chi connectivity index (χ1) is 6.58. The van der Waals surface area contributed by atoms with E-state index in [-0.39, 0.29) is 5.78 Å². The zero-order chi connectivity index (χ0) is 10.3. The smallest absolute Gasteiger partial charge is 0.161 e. The van der Waals surface area contributed by atoms with Gasteiger partial charge in [0.25, 0.3) is 0 Å². The lowest BCUT2D eigenvalue weighted by Crippen LogP contribution is -1.92. The normalized spacial score (nSPS) is 10.8. The van der Waals surface area contributed by atoms with Crippen LogP contribution in [0.2, 0.25) is 5.02 Å². The monoisotopic (exact) mass is 225 g/mol. The van der Waals surface area contributed by atoms with Crippen molar-refractivity contribution in [3.8, 4) is 0 Å². The Hall–Kier alpha value is -0.930. The molecule has 1 aromatic carbocycles. The van der Waals surface area contributed by atoms with Crippen molar-refractivity contribution in [1.82, 2.24) is 4.98 Å². The van der Waals surface area contributed by atoms with Gasteiger partial charge in [0.15, 0.2) is 5.78 Å². The molecule has 1 aromatic heterocycles. The highest BCUT2D eigenvalue weighted by atomic mass is 35.5. The second-order valence-electron chi connectivity index (χ2n) is 3.09. The van der Waals surface area contributed by atoms with Crippen LogP contribution in [0.4, 0.5) is 0 Å². The first-order valence-corrected chi connectivity index (χ1v) is 5.35. The molecule has 2 nitrogen and oxygen atoms in total. The van der Waals surface area contributed by atoms with E-state index in [1.165, 1.54) is 6.92 Å². The van der Waals surface area contributed by atoms with Gasteiger partial charge in [-0.2, -0.15) is 0 Å². The molecule has 0 N–H and O–H groups in total. The van der Waals surface area contributed by atoms with E-state index in [9.17, 15) is 4.79 Å². The molecule has 1 heterocycles. The van der Waals surface area contributed by atoms with Crippen molar-refractivity contribution < 1.29 is 4.79 Å². The number of carbonyl (C=O) groups excluding carboxylic acids is 1. The van der Waals surface area contributed by atoms with Crippen LogP contribution in [0.3, 0.4) is 0 Å². The molecular weight excluding hydrogens is 218 g/mol. The molecule has 2 rings (SSSR count). The third-order valence-corrected chi connectivity index (χ3v) is 3.21. The van der Waals surface area contributed by atoms with Crippen molar-refractivity contribution in [2.45, 2.75) is 13.8 Å². The van der Waals surface area contributed by atoms with E-state index in [1.807, 2.05) is 6.92 Å². The van der Waals surface area contributed by atoms with E-state index in [0.717, 1.165) is 15.2 Å². The summed E-state index contributed by atoms with van der Waals surface area (Å²) in [6.45, 7) is 3.44. The molecule has 0 aliphatic rings. The molecule has 0 radical (unpaired) electrons. The number of ketones is 1. The van der Waals surface area contributed by atoms with Crippen molar-refractivity contribution in [2.75, 3.05) is 0 Å². The second kappa shape index (κ2) is 3.33. The zero-order valence-corrected chi connectivity index (χ0v) is 9.37. The Kier molecular flexibility index (Phi) is 2.29. The zero-order valence-electron chi connectivity index (χ0n) is 7.80. The molecular formula is C10H8ClNOS. The largest absolute Gasteiger partial charge is 0.294 e. The molecule has 0 unspecified atom stereocenters. The SMILES string of the molecule is CC(=O)c1cc2nc(C)sc2cc1Cl. The van der Waals surface area contributed by atoms with Crippen molar-refractivity contribution in [3.63, 3.8) is 0 Å². The Morgan fingerprint density at radius 1 is 1.50 bits per heavy atom. The summed E-state index contributed by atoms with van der Waals surface area (Å²) in [5.41, 5.74) is 1.39. The summed E-state index contributed by atoms with van der Waals surface area (Å²) in [6.07, 6.45) is 0. The summed E-state index contributed by atoms with van der Waals surface area (Å²) in [5.74, 6) is -0.0254. The number of thiazole rings is 1. The number of Topliss-reactive ketones (excluding diaryl/α,β-unsaturated/α-hetero) is 1. The molecule has 0 aliphatic carbocycles. The van der Waals surface area contributed by atoms with E-state index in [1.54, 1.807) is 23.5 Å². The predicted molar refractivity (Wildman–Crippen MR) is 59.4 cm³/mol. The number of benzene rings is 1. The number of rotatable bonds is 1. The molecule has 0 saturated carbocycles. The maximum absolute atomic E-state index is 11.2. The van der Waals surface area contributed by atoms with Crippen LogP contribution >= 0.6 is 22.9 Å². The lowest BCUT2D eigenvalue weighted by Gasteiger charge is -1.98. The molecule has 14 heavy (non-hydrogen) atoms. The van der Waals surface area contributed by atoms with Gasteiger partial charge in [-0.1, -0.05) is 11.6 Å². The minimum atomic E-state index is -0.0254. The van der Waals surface area contributed by atoms with Crippen LogP contribution in [0.25, 0.3) is 10.2 Å². The number of carbonyl (C=O) groups is 1. The van der Waals surface area contributed by atoms with Crippen molar-refractivity contribution in [2.24, 2.45) is 0 Å². The number of hydrogen-bond acceptors (Lipinski definition) is 3. The third kappa shape index (κ3) is 1.53. The van der Waals surface area contributed by atoms with E-state index in [0.29, 0.717) is 10.6 Å². The number of nitrogens with zero attached hydrogens (tertiary/aromatic N) is 1. The molecule has 72 valence electrons. The fraction of sp³-hybridized carbons (Fsp3) is 0.200. The van der Waals surface area contributed by atoms with Crippen molar-refractivity contribution >= 4 is 38.9 Å². The standard InChI is InChI=1S/C10H8ClNOS/c1-5(13)7-3-9-10(4-8(7)11)14-6(2)12-9/h3-4H,1-2H3. The van der Waals surface area contributed by atoms with Crippen LogP contribution in [0.5, 0.6) is 0 Å². The van der Waals surface area contributed by atoms with Gasteiger partial charge in [0.1, 0.15) is 0 Å². The third-order valence-electron chi connectivity index (χ3n) is 1.96. The van der Waals surface area contributed by atoms with Crippen LogP contribution in [-0.2, 0) is 0 Å². The summed E-state index contributed by atoms with van der Waals surface area (Å²) in [5, 5.41) is 1.49. The topological polar surface area (TPSA) is 30.0 Å². The fourth-order valence-electron chi connectivity index (χ4n) is 1.33. The van der Waals surface area contributed by atoms with Crippen LogP contribution in [0, 0.1) is 6.92 Å². The fourth-order valence-corrected chi connectivity index (χ4v) is 2.54. The molecule has 0 saturated heterocycles. The Morgan fingerprint density at radius 2 is 2.21 bits per heavy atom. The summed E-state index contributed by atoms with van der Waals surface area (Å²) >= 11 is 7.55. The number of aromatic nitrogens is 1. The average Bonchev–Trinajstić information content (AvgIpc) is 2.42. The quantitative estimate of drug-likeness (QED) is 0.696. The Morgan fingerprint density at radius 3 is 2.86 bits per heavy atom. The Bertz CT molecular complexity index is 518. The second-order valence-corrected chi connectivity index (χ2v) is 4.73. The highest BCUT2D eigenvalue weighted by molar-refractivity contribution is 7.18. The van der Waals surface area contributed by atoms with Gasteiger partial charge in [-0.25, -0.2) is 4.98 Å². The minimum Gasteiger partial charge on any atom is -0.294 e. The number of fused-ring (bicyclic) bond motifs is 1. The first-order valence-electron chi connectivity index (χ1n) is 4.15. The van der Waals surface area contributed by atoms with E-state index < -0.39 is 0 Å². The van der Waals surface area contributed by atoms with Crippen molar-refractivity contribution in [3.05, 3.63) is 27.7 Å². The molecule has 0 bridgehead atoms. The van der Waals surface area contributed by atoms with Gasteiger partial charge < -0.3 is 0 Å². The van der Waals surface area contributed by atoms with Crippen LogP contribution < -0.4 is 0 Å². The highest BCUT2D eigenvalue weighted by Gasteiger charge is 2.09. The van der Waals surface area contributed by atoms with Crippen LogP contribution in [0.1, 0.15) is 22.3 Å². The van der Waals surface area contributed by atoms with Gasteiger partial charge in [-0.3, -0.25) is 4.79 Å². The maximum Gasteiger partial charge on any atom is 0.161 e. The Labute approximate surface area is 90.5 Å². The average molecular weight is 226 g/mol. The molecule has 2 aromatic rings. The van der Waals surface area contributed by atoms with Gasteiger partial charge in [0, 0.05) is 5.56 Å². The molecule has 0 aliphatic heterocycles. The number of hydrogen-bond donors (Lipinski definition) is 0. The summed E-state index contributed by atoms with van der Waals surface area (Å²) < 4.78 is 1.03. The minimum absolute atomic E-state index is 0.0254. The molecule has 0 atom stereocenters. The number of halogens is 1. The summed E-state index contributed by atoms with van der Waals surface area (Å²) in [7, 11) is 0. The van der Waals surface area contributed by atoms with Crippen molar-refractivity contribution in [1.29, 1.82) is 0 Å². The Balaban J connectivity index is 2.76. The van der Waals surface area contributed by atoms with Gasteiger partial charge in [-0.15, -0.1) is 11.3 Å². The van der Waals surface area contributed by atoms with E-state index >= 15 is 0 Å². The van der Waals surface area contributed by atoms with Gasteiger partial charge in [0.05, 0.1) is 20.2 Å². The number of aryl methyl sites for hydroxylation is 1. The lowest BCUT2D eigenvalue weighted by atomic mass is 10.1. The summed E-state index contributed by atoms with van der Waals surface area (Å²) in [4.78, 5) is 15.5. The van der Waals surface area contributed by atoms with E-state index in [2.05, 4.69) is 4.98 Å². The predicted octanol–water partition coefficient (Wildman–Crippen LogP) is 3.46. The maximum atomic E-state index is 11.2. The molecule has 0 amide bonds. The molecule has 0 fully saturated rings. The highest BCUT2D eigenvalue weighted by Crippen LogP contribution is 2.28. The van der Waals surface area contributed by atoms with Crippen LogP contribution in [0.15, 0.2) is 12.1 Å². The molecule has 4 heteroatoms. The van der Waals surface area contributed by atoms with Crippen LogP contribution in [-0.4, -0.2) is 10.8 Å². The van der Waals surface area contributed by atoms with Gasteiger partial charge >= 0.3 is 0 Å². The first kappa shape index (κ1) is 9.62. The van der Waals surface area contributed by atoms with Gasteiger partial charge in [-0.05, 0) is 26.0 Å². The summed E-state index contributed by atoms with van der Waals surface area (Å²) in [6, 6.07) is 3.56. The van der Waals surface area contributed by atoms with Gasteiger partial charge in [0.2, 0.25) is 0 Å². The molecule has 0 spiro atoms. The van der Waals surface area contributed by atoms with E-state index in [4.69, 9.17) is 11.6 Å². The lowest BCUT2D eigenvalue weighted by molar-refractivity contribution is 0.101.